The molecule has 0 aliphatic carbocycles. The van der Waals surface area contributed by atoms with Crippen molar-refractivity contribution in [2.24, 2.45) is 0 Å². The van der Waals surface area contributed by atoms with Crippen LogP contribution in [0.25, 0.3) is 10.8 Å². The first kappa shape index (κ1) is 20.4. The summed E-state index contributed by atoms with van der Waals surface area (Å²) in [5, 5.41) is 5.45. The molecule has 30 heavy (non-hydrogen) atoms. The lowest BCUT2D eigenvalue weighted by molar-refractivity contribution is -0.128. The summed E-state index contributed by atoms with van der Waals surface area (Å²) in [6, 6.07) is 24.6. The minimum absolute atomic E-state index is 0.0625. The Bertz CT molecular complexity index is 980. The molecule has 3 aromatic rings. The molecule has 1 atom stereocenters. The Morgan fingerprint density at radius 1 is 1.00 bits per heavy atom. The molecule has 4 heteroatoms. The number of fused-ring (bicyclic) bond motifs is 1. The first-order valence-electron chi connectivity index (χ1n) is 10.8. The molecule has 1 N–H and O–H groups in total. The molecule has 1 heterocycles. The third-order valence-corrected chi connectivity index (χ3v) is 6.10. The Labute approximate surface area is 178 Å². The molecule has 0 unspecified atom stereocenters. The van der Waals surface area contributed by atoms with Crippen LogP contribution in [0, 0.1) is 0 Å². The van der Waals surface area contributed by atoms with E-state index in [2.05, 4.69) is 41.7 Å². The Hall–Kier alpha value is -2.85. The maximum atomic E-state index is 13.0. The van der Waals surface area contributed by atoms with Crippen LogP contribution in [0.2, 0.25) is 0 Å². The normalized spacial score (nSPS) is 16.7. The minimum atomic E-state index is -0.515. The van der Waals surface area contributed by atoms with Gasteiger partial charge in [-0.25, -0.2) is 0 Å². The number of rotatable bonds is 7. The van der Waals surface area contributed by atoms with Gasteiger partial charge < -0.3 is 14.8 Å². The zero-order valence-electron chi connectivity index (χ0n) is 17.5. The van der Waals surface area contributed by atoms with Crippen LogP contribution >= 0.6 is 0 Å². The lowest BCUT2D eigenvalue weighted by Gasteiger charge is -2.38. The zero-order valence-corrected chi connectivity index (χ0v) is 17.5. The van der Waals surface area contributed by atoms with Gasteiger partial charge in [-0.15, -0.1) is 0 Å². The molecule has 1 saturated heterocycles. The Balaban J connectivity index is 1.45. The van der Waals surface area contributed by atoms with Crippen LogP contribution in [0.3, 0.4) is 0 Å². The van der Waals surface area contributed by atoms with Crippen LogP contribution < -0.4 is 10.1 Å². The first-order valence-corrected chi connectivity index (χ1v) is 10.8. The summed E-state index contributed by atoms with van der Waals surface area (Å²) in [4.78, 5) is 13.0. The summed E-state index contributed by atoms with van der Waals surface area (Å²) in [7, 11) is 0. The van der Waals surface area contributed by atoms with E-state index in [0.717, 1.165) is 42.6 Å². The Morgan fingerprint density at radius 2 is 1.70 bits per heavy atom. The topological polar surface area (TPSA) is 47.6 Å². The van der Waals surface area contributed by atoms with Crippen molar-refractivity contribution in [1.82, 2.24) is 5.32 Å². The summed E-state index contributed by atoms with van der Waals surface area (Å²) >= 11 is 0. The highest BCUT2D eigenvalue weighted by Crippen LogP contribution is 2.34. The smallest absolute Gasteiger partial charge is 0.261 e. The quantitative estimate of drug-likeness (QED) is 0.613. The largest absolute Gasteiger partial charge is 0.481 e. The molecule has 4 rings (SSSR count). The van der Waals surface area contributed by atoms with Gasteiger partial charge >= 0.3 is 0 Å². The van der Waals surface area contributed by atoms with Crippen molar-refractivity contribution >= 4 is 16.7 Å². The number of nitrogens with one attached hydrogen (secondary N) is 1. The van der Waals surface area contributed by atoms with Crippen molar-refractivity contribution in [3.8, 4) is 5.75 Å². The van der Waals surface area contributed by atoms with Gasteiger partial charge in [0.05, 0.1) is 0 Å². The van der Waals surface area contributed by atoms with Gasteiger partial charge in [0.25, 0.3) is 5.91 Å². The van der Waals surface area contributed by atoms with Crippen molar-refractivity contribution in [3.63, 3.8) is 0 Å². The zero-order chi connectivity index (χ0) is 20.8. The standard InChI is InChI=1S/C26H29NO3/c1-2-24(30-23-13-12-20-8-6-7-9-21(20)18-23)25(28)27-19-26(14-16-29-17-15-26)22-10-4-3-5-11-22/h3-13,18,24H,2,14-17,19H2,1H3,(H,27,28)/t24-/m1/s1. The maximum absolute atomic E-state index is 13.0. The molecular weight excluding hydrogens is 374 g/mol. The van der Waals surface area contributed by atoms with E-state index in [-0.39, 0.29) is 11.3 Å². The number of carbonyl (C=O) groups is 1. The molecule has 0 bridgehead atoms. The van der Waals surface area contributed by atoms with Crippen molar-refractivity contribution in [3.05, 3.63) is 78.4 Å². The van der Waals surface area contributed by atoms with Crippen molar-refractivity contribution in [2.75, 3.05) is 19.8 Å². The number of carbonyl (C=O) groups excluding carboxylic acids is 1. The van der Waals surface area contributed by atoms with E-state index in [1.165, 1.54) is 5.56 Å². The molecular formula is C26H29NO3. The molecule has 4 nitrogen and oxygen atoms in total. The summed E-state index contributed by atoms with van der Waals surface area (Å²) < 4.78 is 11.7. The highest BCUT2D eigenvalue weighted by atomic mass is 16.5. The maximum Gasteiger partial charge on any atom is 0.261 e. The number of hydrogen-bond acceptors (Lipinski definition) is 3. The highest BCUT2D eigenvalue weighted by molar-refractivity contribution is 5.84. The summed E-state index contributed by atoms with van der Waals surface area (Å²) in [5.74, 6) is 0.659. The van der Waals surface area contributed by atoms with Crippen LogP contribution in [0.5, 0.6) is 5.75 Å². The van der Waals surface area contributed by atoms with Gasteiger partial charge in [-0.05, 0) is 47.7 Å². The van der Waals surface area contributed by atoms with Gasteiger partial charge in [0.1, 0.15) is 5.75 Å². The second-order valence-corrected chi connectivity index (χ2v) is 8.00. The van der Waals surface area contributed by atoms with E-state index >= 15 is 0 Å². The van der Waals surface area contributed by atoms with E-state index in [0.29, 0.717) is 13.0 Å². The molecule has 156 valence electrons. The molecule has 1 fully saturated rings. The van der Waals surface area contributed by atoms with Crippen LogP contribution in [0.15, 0.2) is 72.8 Å². The first-order chi connectivity index (χ1) is 14.7. The molecule has 1 aliphatic rings. The fraction of sp³-hybridized carbons (Fsp3) is 0.346. The monoisotopic (exact) mass is 403 g/mol. The lowest BCUT2D eigenvalue weighted by atomic mass is 9.74. The van der Waals surface area contributed by atoms with E-state index in [9.17, 15) is 4.79 Å². The molecule has 1 amide bonds. The third-order valence-electron chi connectivity index (χ3n) is 6.10. The van der Waals surface area contributed by atoms with Gasteiger partial charge in [-0.1, -0.05) is 67.6 Å². The van der Waals surface area contributed by atoms with E-state index in [1.54, 1.807) is 0 Å². The average molecular weight is 404 g/mol. The van der Waals surface area contributed by atoms with Crippen LogP contribution in [-0.4, -0.2) is 31.8 Å². The fourth-order valence-corrected chi connectivity index (χ4v) is 4.22. The van der Waals surface area contributed by atoms with E-state index in [1.807, 2.05) is 43.3 Å². The van der Waals surface area contributed by atoms with E-state index < -0.39 is 6.10 Å². The van der Waals surface area contributed by atoms with Crippen molar-refractivity contribution in [1.29, 1.82) is 0 Å². The average Bonchev–Trinajstić information content (AvgIpc) is 2.82. The fourth-order valence-electron chi connectivity index (χ4n) is 4.22. The number of benzene rings is 3. The molecule has 0 spiro atoms. The third kappa shape index (κ3) is 4.49. The predicted octanol–water partition coefficient (Wildman–Crippen LogP) is 4.86. The second kappa shape index (κ2) is 9.31. The van der Waals surface area contributed by atoms with Crippen molar-refractivity contribution in [2.45, 2.75) is 37.7 Å². The second-order valence-electron chi connectivity index (χ2n) is 8.00. The summed E-state index contributed by atoms with van der Waals surface area (Å²) in [5.41, 5.74) is 1.17. The van der Waals surface area contributed by atoms with Crippen LogP contribution in [0.4, 0.5) is 0 Å². The van der Waals surface area contributed by atoms with Gasteiger partial charge in [0.2, 0.25) is 0 Å². The minimum Gasteiger partial charge on any atom is -0.481 e. The summed E-state index contributed by atoms with van der Waals surface area (Å²) in [6.07, 6.45) is 1.90. The molecule has 0 aromatic heterocycles. The molecule has 0 radical (unpaired) electrons. The highest BCUT2D eigenvalue weighted by Gasteiger charge is 2.35. The van der Waals surface area contributed by atoms with Gasteiger partial charge in [-0.3, -0.25) is 4.79 Å². The number of hydrogen-bond donors (Lipinski definition) is 1. The Kier molecular flexibility index (Phi) is 6.34. The molecule has 1 aliphatic heterocycles. The molecule has 0 saturated carbocycles. The van der Waals surface area contributed by atoms with Gasteiger partial charge in [0, 0.05) is 25.2 Å². The lowest BCUT2D eigenvalue weighted by Crippen LogP contribution is -2.48. The Morgan fingerprint density at radius 3 is 2.43 bits per heavy atom. The van der Waals surface area contributed by atoms with E-state index in [4.69, 9.17) is 9.47 Å². The molecule has 3 aromatic carbocycles. The van der Waals surface area contributed by atoms with Crippen LogP contribution in [-0.2, 0) is 14.9 Å². The summed E-state index contributed by atoms with van der Waals surface area (Å²) in [6.45, 7) is 4.01. The van der Waals surface area contributed by atoms with Gasteiger partial charge in [0.15, 0.2) is 6.10 Å². The number of amides is 1. The number of ether oxygens (including phenoxy) is 2. The SMILES string of the molecule is CC[C@@H](Oc1ccc2ccccc2c1)C(=O)NCC1(c2ccccc2)CCOCC1. The van der Waals surface area contributed by atoms with Gasteiger partial charge in [-0.2, -0.15) is 0 Å². The van der Waals surface area contributed by atoms with Crippen LogP contribution in [0.1, 0.15) is 31.7 Å². The van der Waals surface area contributed by atoms with Crippen molar-refractivity contribution < 1.29 is 14.3 Å². The predicted molar refractivity (Wildman–Crippen MR) is 120 cm³/mol.